The molecule has 4 nitrogen and oxygen atoms in total. The number of hydrogen-bond acceptors (Lipinski definition) is 2. The van der Waals surface area contributed by atoms with Crippen LogP contribution in [0.3, 0.4) is 0 Å². The van der Waals surface area contributed by atoms with E-state index in [1.54, 1.807) is 0 Å². The Kier molecular flexibility index (Phi) is 4.33. The van der Waals surface area contributed by atoms with Crippen molar-refractivity contribution in [1.29, 1.82) is 0 Å². The number of nitrogens with one attached hydrogen (secondary N) is 1. The van der Waals surface area contributed by atoms with Crippen LogP contribution >= 0.6 is 0 Å². The van der Waals surface area contributed by atoms with E-state index in [1.807, 2.05) is 6.92 Å². The average Bonchev–Trinajstić information content (AvgIpc) is 2.29. The molecule has 92 valence electrons. The van der Waals surface area contributed by atoms with E-state index in [1.165, 1.54) is 13.3 Å². The molecule has 1 unspecified atom stereocenters. The van der Waals surface area contributed by atoms with Crippen LogP contribution in [0.1, 0.15) is 52.4 Å². The molecule has 1 amide bonds. The van der Waals surface area contributed by atoms with E-state index in [-0.39, 0.29) is 11.3 Å². The third-order valence-corrected chi connectivity index (χ3v) is 3.69. The summed E-state index contributed by atoms with van der Waals surface area (Å²) in [6, 6.07) is -0.794. The Morgan fingerprint density at radius 3 is 2.31 bits per heavy atom. The number of carboxylic acid groups (broad SMARTS) is 1. The average molecular weight is 227 g/mol. The normalized spacial score (nSPS) is 21.1. The summed E-state index contributed by atoms with van der Waals surface area (Å²) in [7, 11) is 0. The van der Waals surface area contributed by atoms with Crippen molar-refractivity contribution < 1.29 is 14.7 Å². The summed E-state index contributed by atoms with van der Waals surface area (Å²) in [6.45, 7) is 3.52. The lowest BCUT2D eigenvalue weighted by Gasteiger charge is -2.35. The van der Waals surface area contributed by atoms with Crippen molar-refractivity contribution in [3.8, 4) is 0 Å². The molecule has 16 heavy (non-hydrogen) atoms. The minimum Gasteiger partial charge on any atom is -0.480 e. The van der Waals surface area contributed by atoms with Gasteiger partial charge in [0.25, 0.3) is 0 Å². The van der Waals surface area contributed by atoms with Gasteiger partial charge in [-0.2, -0.15) is 0 Å². The van der Waals surface area contributed by atoms with E-state index in [2.05, 4.69) is 5.32 Å². The molecule has 0 spiro atoms. The molecule has 0 aromatic heterocycles. The lowest BCUT2D eigenvalue weighted by atomic mass is 9.71. The largest absolute Gasteiger partial charge is 0.480 e. The number of rotatable bonds is 4. The number of carbonyl (C=O) groups is 2. The molecule has 0 aromatic rings. The van der Waals surface area contributed by atoms with Crippen molar-refractivity contribution in [3.63, 3.8) is 0 Å². The Balaban J connectivity index is 2.65. The molecule has 1 rings (SSSR count). The van der Waals surface area contributed by atoms with E-state index in [0.29, 0.717) is 0 Å². The monoisotopic (exact) mass is 227 g/mol. The fourth-order valence-electron chi connectivity index (χ4n) is 2.38. The van der Waals surface area contributed by atoms with Crippen LogP contribution in [0.4, 0.5) is 0 Å². The van der Waals surface area contributed by atoms with Crippen LogP contribution in [-0.2, 0) is 9.59 Å². The Bertz CT molecular complexity index is 269. The molecular weight excluding hydrogens is 206 g/mol. The van der Waals surface area contributed by atoms with E-state index < -0.39 is 12.0 Å². The third kappa shape index (κ3) is 2.74. The van der Waals surface area contributed by atoms with Gasteiger partial charge in [0.2, 0.25) is 5.91 Å². The molecule has 1 saturated carbocycles. The minimum absolute atomic E-state index is 0.0791. The van der Waals surface area contributed by atoms with Crippen molar-refractivity contribution in [2.45, 2.75) is 58.4 Å². The maximum absolute atomic E-state index is 12.1. The molecule has 0 bridgehead atoms. The van der Waals surface area contributed by atoms with E-state index in [4.69, 9.17) is 5.11 Å². The first kappa shape index (κ1) is 13.0. The lowest BCUT2D eigenvalue weighted by molar-refractivity contribution is -0.144. The Morgan fingerprint density at radius 2 is 1.88 bits per heavy atom. The van der Waals surface area contributed by atoms with Gasteiger partial charge in [-0.25, -0.2) is 0 Å². The zero-order valence-corrected chi connectivity index (χ0v) is 10.1. The van der Waals surface area contributed by atoms with Crippen molar-refractivity contribution in [2.75, 3.05) is 0 Å². The van der Waals surface area contributed by atoms with Crippen LogP contribution in [0.5, 0.6) is 0 Å². The van der Waals surface area contributed by atoms with E-state index in [0.717, 1.165) is 32.1 Å². The van der Waals surface area contributed by atoms with Crippen molar-refractivity contribution >= 4 is 11.9 Å². The Morgan fingerprint density at radius 1 is 1.31 bits per heavy atom. The predicted octanol–water partition coefficient (Wildman–Crippen LogP) is 1.94. The maximum Gasteiger partial charge on any atom is 0.325 e. The summed E-state index contributed by atoms with van der Waals surface area (Å²) in [5.74, 6) is -1.06. The second kappa shape index (κ2) is 5.32. The van der Waals surface area contributed by atoms with Gasteiger partial charge in [0.15, 0.2) is 0 Å². The number of hydrogen-bond donors (Lipinski definition) is 2. The predicted molar refractivity (Wildman–Crippen MR) is 61.0 cm³/mol. The molecule has 1 atom stereocenters. The van der Waals surface area contributed by atoms with Gasteiger partial charge in [-0.05, 0) is 26.2 Å². The van der Waals surface area contributed by atoms with Gasteiger partial charge in [0.05, 0.1) is 0 Å². The highest BCUT2D eigenvalue weighted by molar-refractivity contribution is 5.87. The molecule has 0 heterocycles. The molecule has 0 aromatic carbocycles. The SMILES string of the molecule is CCC1(C(=O)NC(C)C(=O)O)CCCCC1. The summed E-state index contributed by atoms with van der Waals surface area (Å²) in [5, 5.41) is 11.4. The summed E-state index contributed by atoms with van der Waals surface area (Å²) in [6.07, 6.45) is 5.91. The van der Waals surface area contributed by atoms with E-state index in [9.17, 15) is 9.59 Å². The molecule has 1 aliphatic carbocycles. The topological polar surface area (TPSA) is 66.4 Å². The third-order valence-electron chi connectivity index (χ3n) is 3.69. The fraction of sp³-hybridized carbons (Fsp3) is 0.833. The highest BCUT2D eigenvalue weighted by Crippen LogP contribution is 2.39. The van der Waals surface area contributed by atoms with Gasteiger partial charge in [-0.1, -0.05) is 26.2 Å². The highest BCUT2D eigenvalue weighted by atomic mass is 16.4. The zero-order chi connectivity index (χ0) is 12.2. The molecule has 0 radical (unpaired) electrons. The van der Waals surface area contributed by atoms with Gasteiger partial charge >= 0.3 is 5.97 Å². The van der Waals surface area contributed by atoms with Crippen LogP contribution in [0.15, 0.2) is 0 Å². The molecule has 1 fully saturated rings. The molecule has 0 saturated heterocycles. The summed E-state index contributed by atoms with van der Waals surface area (Å²) in [4.78, 5) is 22.8. The van der Waals surface area contributed by atoms with Crippen LogP contribution in [0, 0.1) is 5.41 Å². The molecular formula is C12H21NO3. The van der Waals surface area contributed by atoms with Crippen LogP contribution in [0.2, 0.25) is 0 Å². The molecule has 0 aliphatic heterocycles. The molecule has 1 aliphatic rings. The highest BCUT2D eigenvalue weighted by Gasteiger charge is 2.38. The van der Waals surface area contributed by atoms with Gasteiger partial charge in [0, 0.05) is 5.41 Å². The smallest absolute Gasteiger partial charge is 0.325 e. The van der Waals surface area contributed by atoms with Gasteiger partial charge in [-0.15, -0.1) is 0 Å². The fourth-order valence-corrected chi connectivity index (χ4v) is 2.38. The lowest BCUT2D eigenvalue weighted by Crippen LogP contribution is -2.47. The molecule has 4 heteroatoms. The first-order chi connectivity index (χ1) is 7.52. The van der Waals surface area contributed by atoms with Crippen molar-refractivity contribution in [1.82, 2.24) is 5.32 Å². The van der Waals surface area contributed by atoms with Crippen molar-refractivity contribution in [3.05, 3.63) is 0 Å². The van der Waals surface area contributed by atoms with Crippen LogP contribution in [0.25, 0.3) is 0 Å². The zero-order valence-electron chi connectivity index (χ0n) is 10.1. The molecule has 2 N–H and O–H groups in total. The Labute approximate surface area is 96.4 Å². The summed E-state index contributed by atoms with van der Waals surface area (Å²) >= 11 is 0. The Hall–Kier alpha value is -1.06. The van der Waals surface area contributed by atoms with Gasteiger partial charge in [-0.3, -0.25) is 9.59 Å². The van der Waals surface area contributed by atoms with Gasteiger partial charge in [0.1, 0.15) is 6.04 Å². The maximum atomic E-state index is 12.1. The quantitative estimate of drug-likeness (QED) is 0.771. The van der Waals surface area contributed by atoms with Gasteiger partial charge < -0.3 is 10.4 Å². The van der Waals surface area contributed by atoms with Crippen LogP contribution in [-0.4, -0.2) is 23.0 Å². The second-order valence-electron chi connectivity index (χ2n) is 4.73. The summed E-state index contributed by atoms with van der Waals surface area (Å²) < 4.78 is 0. The number of carbonyl (C=O) groups excluding carboxylic acids is 1. The standard InChI is InChI=1S/C12H21NO3/c1-3-12(7-5-4-6-8-12)11(16)13-9(2)10(14)15/h9H,3-8H2,1-2H3,(H,13,16)(H,14,15). The number of amides is 1. The van der Waals surface area contributed by atoms with E-state index >= 15 is 0 Å². The summed E-state index contributed by atoms with van der Waals surface area (Å²) in [5.41, 5.74) is -0.317. The second-order valence-corrected chi connectivity index (χ2v) is 4.73. The first-order valence-electron chi connectivity index (χ1n) is 6.05. The van der Waals surface area contributed by atoms with Crippen LogP contribution < -0.4 is 5.32 Å². The number of aliphatic carboxylic acids is 1. The number of carboxylic acids is 1. The van der Waals surface area contributed by atoms with Crippen molar-refractivity contribution in [2.24, 2.45) is 5.41 Å². The first-order valence-corrected chi connectivity index (χ1v) is 6.05. The minimum atomic E-state index is -0.976.